The first-order valence-corrected chi connectivity index (χ1v) is 15.7. The Balaban J connectivity index is 1.21. The number of amides is 1. The molecule has 0 radical (unpaired) electrons. The van der Waals surface area contributed by atoms with E-state index in [4.69, 9.17) is 10.5 Å². The number of hydrogen-bond acceptors (Lipinski definition) is 12. The van der Waals surface area contributed by atoms with Crippen LogP contribution in [0.3, 0.4) is 0 Å². The number of hydrogen-bond donors (Lipinski definition) is 2. The molecule has 3 aromatic rings. The van der Waals surface area contributed by atoms with Gasteiger partial charge in [0.1, 0.15) is 12.1 Å². The molecule has 3 N–H and O–H groups in total. The number of nitrogens with two attached hydrogens (primary N) is 1. The molecule has 2 aliphatic rings. The highest BCUT2D eigenvalue weighted by Gasteiger charge is 2.26. The maximum absolute atomic E-state index is 12.1. The highest BCUT2D eigenvalue weighted by molar-refractivity contribution is 7.89. The monoisotopic (exact) mass is 599 g/mol. The summed E-state index contributed by atoms with van der Waals surface area (Å²) in [5, 5.41) is 7.69. The second-order valence-electron chi connectivity index (χ2n) is 9.92. The van der Waals surface area contributed by atoms with E-state index in [0.717, 1.165) is 24.3 Å². The number of carbonyl (C=O) groups is 1. The van der Waals surface area contributed by atoms with Crippen molar-refractivity contribution in [1.82, 2.24) is 33.9 Å². The summed E-state index contributed by atoms with van der Waals surface area (Å²) in [4.78, 5) is 31.3. The first kappa shape index (κ1) is 29.3. The second kappa shape index (κ2) is 12.8. The molecule has 0 unspecified atom stereocenters. The minimum Gasteiger partial charge on any atom is -0.450 e. The Hall–Kier alpha value is -4.18. The maximum atomic E-state index is 12.1. The molecule has 16 heteroatoms. The smallest absolute Gasteiger partial charge is 0.409 e. The van der Waals surface area contributed by atoms with Gasteiger partial charge in [-0.2, -0.15) is 14.0 Å². The van der Waals surface area contributed by atoms with Gasteiger partial charge in [0, 0.05) is 69.8 Å². The first-order valence-electron chi connectivity index (χ1n) is 14.1. The molecule has 226 valence electrons. The molecule has 0 bridgehead atoms. The van der Waals surface area contributed by atoms with Gasteiger partial charge in [-0.25, -0.2) is 23.2 Å². The third-order valence-corrected chi connectivity index (χ3v) is 9.20. The quantitative estimate of drug-likeness (QED) is 0.384. The van der Waals surface area contributed by atoms with Gasteiger partial charge in [0.15, 0.2) is 5.82 Å². The molecule has 1 amide bonds. The Morgan fingerprint density at radius 3 is 2.38 bits per heavy atom. The average Bonchev–Trinajstić information content (AvgIpc) is 3.20. The van der Waals surface area contributed by atoms with Gasteiger partial charge in [-0.1, -0.05) is 0 Å². The molecule has 2 fully saturated rings. The molecule has 1 aromatic carbocycles. The van der Waals surface area contributed by atoms with Crippen LogP contribution in [0.2, 0.25) is 0 Å². The summed E-state index contributed by atoms with van der Waals surface area (Å²) < 4.78 is 32.4. The van der Waals surface area contributed by atoms with Crippen LogP contribution in [0, 0.1) is 0 Å². The van der Waals surface area contributed by atoms with Gasteiger partial charge in [0.05, 0.1) is 12.4 Å². The van der Waals surface area contributed by atoms with Crippen molar-refractivity contribution in [3.8, 4) is 5.82 Å². The van der Waals surface area contributed by atoms with E-state index in [9.17, 15) is 13.2 Å². The van der Waals surface area contributed by atoms with Crippen LogP contribution in [0.15, 0.2) is 36.7 Å². The fraction of sp³-hybridized carbons (Fsp3) is 0.500. The van der Waals surface area contributed by atoms with Gasteiger partial charge in [-0.3, -0.25) is 0 Å². The summed E-state index contributed by atoms with van der Waals surface area (Å²) in [7, 11) is -3.16. The summed E-state index contributed by atoms with van der Waals surface area (Å²) >= 11 is 0. The van der Waals surface area contributed by atoms with Crippen molar-refractivity contribution >= 4 is 45.2 Å². The summed E-state index contributed by atoms with van der Waals surface area (Å²) in [6.07, 6.45) is 1.95. The second-order valence-corrected chi connectivity index (χ2v) is 12.2. The SMILES string of the molecule is CCOC(=O)N1CCCN(c2cc(-n3nc(Nc4ccc(N5CCN(S(=O)(=O)CC)CC5)cc4)nc3N)ncn2)CC1. The van der Waals surface area contributed by atoms with Crippen LogP contribution in [-0.4, -0.2) is 113 Å². The maximum Gasteiger partial charge on any atom is 0.409 e. The number of benzene rings is 1. The van der Waals surface area contributed by atoms with Crippen LogP contribution in [0.1, 0.15) is 20.3 Å². The number of carbonyl (C=O) groups excluding carboxylic acids is 1. The Morgan fingerprint density at radius 2 is 1.67 bits per heavy atom. The Labute approximate surface area is 245 Å². The largest absolute Gasteiger partial charge is 0.450 e. The fourth-order valence-corrected chi connectivity index (χ4v) is 6.09. The van der Waals surface area contributed by atoms with Crippen LogP contribution < -0.4 is 20.9 Å². The lowest BCUT2D eigenvalue weighted by atomic mass is 10.2. The molecule has 2 saturated heterocycles. The number of sulfonamides is 1. The highest BCUT2D eigenvalue weighted by atomic mass is 32.2. The number of nitrogen functional groups attached to an aromatic ring is 1. The van der Waals surface area contributed by atoms with Gasteiger partial charge >= 0.3 is 6.09 Å². The van der Waals surface area contributed by atoms with Crippen LogP contribution >= 0.6 is 0 Å². The van der Waals surface area contributed by atoms with Crippen molar-refractivity contribution in [3.05, 3.63) is 36.7 Å². The number of piperazine rings is 1. The van der Waals surface area contributed by atoms with E-state index in [1.807, 2.05) is 24.3 Å². The summed E-state index contributed by atoms with van der Waals surface area (Å²) in [6, 6.07) is 9.60. The third kappa shape index (κ3) is 6.65. The molecule has 0 saturated carbocycles. The standard InChI is InChI=1S/C26H37N11O4S/c1-3-41-26(38)35-11-5-10-34(12-13-35)22-18-23(29-19-28-22)37-24(27)31-25(32-37)30-20-6-8-21(9-7-20)33-14-16-36(17-15-33)42(39,40)4-2/h6-9,18-19H,3-5,10-17H2,1-2H3,(H3,27,30,31,32). The van der Waals surface area contributed by atoms with E-state index in [-0.39, 0.29) is 17.8 Å². The Morgan fingerprint density at radius 1 is 0.952 bits per heavy atom. The molecule has 2 aromatic heterocycles. The molecule has 42 heavy (non-hydrogen) atoms. The number of rotatable bonds is 8. The van der Waals surface area contributed by atoms with E-state index in [2.05, 4.69) is 35.2 Å². The minimum absolute atomic E-state index is 0.121. The lowest BCUT2D eigenvalue weighted by molar-refractivity contribution is 0.110. The van der Waals surface area contributed by atoms with E-state index >= 15 is 0 Å². The van der Waals surface area contributed by atoms with Crippen molar-refractivity contribution in [2.45, 2.75) is 20.3 Å². The zero-order valence-electron chi connectivity index (χ0n) is 23.9. The highest BCUT2D eigenvalue weighted by Crippen LogP contribution is 2.23. The van der Waals surface area contributed by atoms with Crippen molar-refractivity contribution < 1.29 is 17.9 Å². The van der Waals surface area contributed by atoms with Crippen molar-refractivity contribution in [2.24, 2.45) is 0 Å². The van der Waals surface area contributed by atoms with E-state index in [1.54, 1.807) is 29.1 Å². The van der Waals surface area contributed by atoms with Crippen LogP contribution in [0.4, 0.5) is 33.9 Å². The van der Waals surface area contributed by atoms with Crippen molar-refractivity contribution in [3.63, 3.8) is 0 Å². The first-order chi connectivity index (χ1) is 20.3. The molecule has 0 atom stereocenters. The normalized spacial score (nSPS) is 16.8. The van der Waals surface area contributed by atoms with Crippen molar-refractivity contribution in [1.29, 1.82) is 0 Å². The zero-order chi connectivity index (χ0) is 29.7. The fourth-order valence-electron chi connectivity index (χ4n) is 5.01. The van der Waals surface area contributed by atoms with E-state index < -0.39 is 10.0 Å². The molecule has 15 nitrogen and oxygen atoms in total. The minimum atomic E-state index is -3.16. The molecule has 0 spiro atoms. The Bertz CT molecular complexity index is 1470. The number of nitrogens with zero attached hydrogens (tertiary/aromatic N) is 9. The Kier molecular flexibility index (Phi) is 8.91. The van der Waals surface area contributed by atoms with Gasteiger partial charge in [0.2, 0.25) is 21.9 Å². The number of ether oxygens (including phenoxy) is 1. The summed E-state index contributed by atoms with van der Waals surface area (Å²) in [5.41, 5.74) is 7.99. The molecular formula is C26H37N11O4S. The van der Waals surface area contributed by atoms with Gasteiger partial charge < -0.3 is 30.5 Å². The topological polar surface area (TPSA) is 168 Å². The molecular weight excluding hydrogens is 562 g/mol. The number of anilines is 5. The molecule has 2 aliphatic heterocycles. The number of aromatic nitrogens is 5. The molecule has 0 aliphatic carbocycles. The van der Waals surface area contributed by atoms with E-state index in [1.165, 1.54) is 11.0 Å². The third-order valence-electron chi connectivity index (χ3n) is 7.32. The molecule has 5 rings (SSSR count). The summed E-state index contributed by atoms with van der Waals surface area (Å²) in [5.74, 6) is 1.79. The van der Waals surface area contributed by atoms with Crippen LogP contribution in [0.5, 0.6) is 0 Å². The predicted molar refractivity (Wildman–Crippen MR) is 160 cm³/mol. The zero-order valence-corrected chi connectivity index (χ0v) is 24.7. The van der Waals surface area contributed by atoms with Crippen molar-refractivity contribution in [2.75, 3.05) is 85.6 Å². The van der Waals surface area contributed by atoms with Crippen LogP contribution in [0.25, 0.3) is 5.82 Å². The van der Waals surface area contributed by atoms with E-state index in [0.29, 0.717) is 70.0 Å². The average molecular weight is 600 g/mol. The molecule has 4 heterocycles. The van der Waals surface area contributed by atoms with Gasteiger partial charge in [-0.05, 0) is 44.5 Å². The number of nitrogens with one attached hydrogen (secondary N) is 1. The lowest BCUT2D eigenvalue weighted by Gasteiger charge is -2.35. The van der Waals surface area contributed by atoms with Gasteiger partial charge in [-0.15, -0.1) is 5.10 Å². The van der Waals surface area contributed by atoms with Gasteiger partial charge in [0.25, 0.3) is 0 Å². The van der Waals surface area contributed by atoms with Crippen LogP contribution in [-0.2, 0) is 14.8 Å². The predicted octanol–water partition coefficient (Wildman–Crippen LogP) is 1.52. The summed E-state index contributed by atoms with van der Waals surface area (Å²) in [6.45, 7) is 8.54. The lowest BCUT2D eigenvalue weighted by Crippen LogP contribution is -2.49.